The Morgan fingerprint density at radius 3 is 2.60 bits per heavy atom. The highest BCUT2D eigenvalue weighted by molar-refractivity contribution is 9.10. The van der Waals surface area contributed by atoms with Crippen LogP contribution < -0.4 is 0 Å². The number of hydrogen-bond donors (Lipinski definition) is 1. The number of nitrogens with zero attached hydrogens (tertiary/aromatic N) is 1. The number of hydrogen-bond acceptors (Lipinski definition) is 2. The van der Waals surface area contributed by atoms with Crippen molar-refractivity contribution in [2.75, 3.05) is 0 Å². The maximum absolute atomic E-state index is 12.9. The summed E-state index contributed by atoms with van der Waals surface area (Å²) in [6, 6.07) is 1.15. The van der Waals surface area contributed by atoms with Crippen molar-refractivity contribution in [1.82, 2.24) is 4.98 Å². The van der Waals surface area contributed by atoms with Gasteiger partial charge in [-0.15, -0.1) is 0 Å². The van der Waals surface area contributed by atoms with E-state index in [2.05, 4.69) is 20.9 Å². The molecule has 1 rings (SSSR count). The Kier molecular flexibility index (Phi) is 3.67. The van der Waals surface area contributed by atoms with E-state index < -0.39 is 24.6 Å². The molecule has 0 radical (unpaired) electrons. The molecule has 2 nitrogen and oxygen atoms in total. The van der Waals surface area contributed by atoms with E-state index in [-0.39, 0.29) is 5.56 Å². The number of pyridine rings is 1. The normalized spacial score (nSPS) is 14.0. The van der Waals surface area contributed by atoms with Crippen LogP contribution in [0.4, 0.5) is 17.6 Å². The van der Waals surface area contributed by atoms with Crippen LogP contribution in [0.3, 0.4) is 0 Å². The van der Waals surface area contributed by atoms with Gasteiger partial charge >= 0.3 is 6.18 Å². The number of halogens is 5. The third-order valence-corrected chi connectivity index (χ3v) is 2.10. The van der Waals surface area contributed by atoms with Crippen LogP contribution in [-0.4, -0.2) is 22.4 Å². The summed E-state index contributed by atoms with van der Waals surface area (Å²) in [4.78, 5) is 3.22. The molecule has 1 aromatic heterocycles. The van der Waals surface area contributed by atoms with E-state index >= 15 is 0 Å². The Labute approximate surface area is 91.1 Å². The summed E-state index contributed by atoms with van der Waals surface area (Å²) in [5.74, 6) is -1.01. The molecule has 84 valence electrons. The average molecular weight is 288 g/mol. The first-order valence-corrected chi connectivity index (χ1v) is 4.64. The molecule has 7 heteroatoms. The first kappa shape index (κ1) is 12.4. The quantitative estimate of drug-likeness (QED) is 0.670. The molecule has 0 bridgehead atoms. The lowest BCUT2D eigenvalue weighted by Gasteiger charge is -2.14. The first-order chi connectivity index (χ1) is 6.80. The van der Waals surface area contributed by atoms with Gasteiger partial charge in [0.25, 0.3) is 0 Å². The maximum Gasteiger partial charge on any atom is 0.414 e. The third-order valence-electron chi connectivity index (χ3n) is 1.67. The molecule has 0 saturated carbocycles. The molecule has 0 saturated heterocycles. The Morgan fingerprint density at radius 2 is 2.07 bits per heavy atom. The number of aliphatic hydroxyl groups excluding tert-OH is 1. The largest absolute Gasteiger partial charge is 0.414 e. The van der Waals surface area contributed by atoms with Gasteiger partial charge in [-0.1, -0.05) is 0 Å². The van der Waals surface area contributed by atoms with E-state index in [1.165, 1.54) is 0 Å². The zero-order valence-electron chi connectivity index (χ0n) is 7.22. The summed E-state index contributed by atoms with van der Waals surface area (Å²) >= 11 is 2.94. The summed E-state index contributed by atoms with van der Waals surface area (Å²) in [7, 11) is 0. The minimum atomic E-state index is -4.76. The second kappa shape index (κ2) is 4.44. The smallest absolute Gasteiger partial charge is 0.383 e. The molecular formula is C8H6BrF4NO. The van der Waals surface area contributed by atoms with Crippen LogP contribution in [0.1, 0.15) is 5.56 Å². The molecule has 0 aliphatic rings. The van der Waals surface area contributed by atoms with Crippen molar-refractivity contribution in [3.63, 3.8) is 0 Å². The molecular weight excluding hydrogens is 282 g/mol. The second-order valence-electron chi connectivity index (χ2n) is 2.87. The van der Waals surface area contributed by atoms with Crippen molar-refractivity contribution >= 4 is 15.9 Å². The van der Waals surface area contributed by atoms with Gasteiger partial charge in [-0.25, -0.2) is 4.98 Å². The Hall–Kier alpha value is -0.690. The molecule has 0 spiro atoms. The van der Waals surface area contributed by atoms with Gasteiger partial charge in [-0.3, -0.25) is 0 Å². The molecule has 1 unspecified atom stereocenters. The molecule has 1 N–H and O–H groups in total. The third kappa shape index (κ3) is 3.42. The van der Waals surface area contributed by atoms with Gasteiger partial charge in [0.15, 0.2) is 6.10 Å². The summed E-state index contributed by atoms with van der Waals surface area (Å²) < 4.78 is 49.2. The number of aromatic nitrogens is 1. The lowest BCUT2D eigenvalue weighted by atomic mass is 10.1. The van der Waals surface area contributed by atoms with Gasteiger partial charge in [-0.2, -0.15) is 17.6 Å². The van der Waals surface area contributed by atoms with E-state index in [9.17, 15) is 17.6 Å². The van der Waals surface area contributed by atoms with Gasteiger partial charge in [0.1, 0.15) is 0 Å². The van der Waals surface area contributed by atoms with Gasteiger partial charge in [-0.05, 0) is 22.0 Å². The van der Waals surface area contributed by atoms with Gasteiger partial charge in [0, 0.05) is 22.7 Å². The van der Waals surface area contributed by atoms with Crippen molar-refractivity contribution in [2.24, 2.45) is 0 Å². The van der Waals surface area contributed by atoms with Crippen molar-refractivity contribution in [3.8, 4) is 0 Å². The van der Waals surface area contributed by atoms with E-state index in [0.717, 1.165) is 12.3 Å². The molecule has 0 aliphatic carbocycles. The fourth-order valence-electron chi connectivity index (χ4n) is 0.932. The van der Waals surface area contributed by atoms with E-state index in [1.54, 1.807) is 0 Å². The minimum absolute atomic E-state index is 0.283. The van der Waals surface area contributed by atoms with Crippen molar-refractivity contribution in [2.45, 2.75) is 18.7 Å². The van der Waals surface area contributed by atoms with Gasteiger partial charge in [0.05, 0.1) is 0 Å². The fourth-order valence-corrected chi connectivity index (χ4v) is 1.31. The highest BCUT2D eigenvalue weighted by Gasteiger charge is 2.38. The first-order valence-electron chi connectivity index (χ1n) is 3.85. The Morgan fingerprint density at radius 1 is 1.47 bits per heavy atom. The van der Waals surface area contributed by atoms with E-state index in [4.69, 9.17) is 5.11 Å². The molecule has 1 aromatic rings. The highest BCUT2D eigenvalue weighted by Crippen LogP contribution is 2.24. The number of alkyl halides is 3. The lowest BCUT2D eigenvalue weighted by Crippen LogP contribution is -2.30. The van der Waals surface area contributed by atoms with Crippen LogP contribution >= 0.6 is 15.9 Å². The van der Waals surface area contributed by atoms with Crippen molar-refractivity contribution in [3.05, 3.63) is 28.2 Å². The fraction of sp³-hybridized carbons (Fsp3) is 0.375. The van der Waals surface area contributed by atoms with E-state index in [1.807, 2.05) is 0 Å². The van der Waals surface area contributed by atoms with Crippen LogP contribution in [0.15, 0.2) is 16.7 Å². The minimum Gasteiger partial charge on any atom is -0.383 e. The van der Waals surface area contributed by atoms with E-state index in [0.29, 0.717) is 4.47 Å². The molecule has 1 heterocycles. The highest BCUT2D eigenvalue weighted by atomic mass is 79.9. The number of rotatable bonds is 2. The zero-order valence-corrected chi connectivity index (χ0v) is 8.81. The van der Waals surface area contributed by atoms with Crippen LogP contribution in [-0.2, 0) is 6.42 Å². The van der Waals surface area contributed by atoms with Crippen molar-refractivity contribution < 1.29 is 22.7 Å². The summed E-state index contributed by atoms with van der Waals surface area (Å²) in [5, 5.41) is 8.72. The van der Waals surface area contributed by atoms with Crippen LogP contribution in [0.2, 0.25) is 0 Å². The molecule has 0 aliphatic heterocycles. The summed E-state index contributed by atoms with van der Waals surface area (Å²) in [6.45, 7) is 0. The molecule has 15 heavy (non-hydrogen) atoms. The Bertz CT molecular complexity index is 355. The summed E-state index contributed by atoms with van der Waals surface area (Å²) in [6.07, 6.45) is -7.06. The average Bonchev–Trinajstić information content (AvgIpc) is 2.09. The Balaban J connectivity index is 2.85. The topological polar surface area (TPSA) is 33.1 Å². The number of aliphatic hydroxyl groups is 1. The molecule has 1 atom stereocenters. The second-order valence-corrected chi connectivity index (χ2v) is 3.78. The molecule has 0 fully saturated rings. The zero-order chi connectivity index (χ0) is 11.6. The van der Waals surface area contributed by atoms with Crippen LogP contribution in [0, 0.1) is 5.95 Å². The SMILES string of the molecule is OC(Cc1cc(Br)cnc1F)C(F)(F)F. The van der Waals surface area contributed by atoms with Crippen LogP contribution in [0.25, 0.3) is 0 Å². The standard InChI is InChI=1S/C8H6BrF4NO/c9-5-1-4(7(10)14-3-5)2-6(15)8(11,12)13/h1,3,6,15H,2H2. The maximum atomic E-state index is 12.9. The summed E-state index contributed by atoms with van der Waals surface area (Å²) in [5.41, 5.74) is -0.283. The van der Waals surface area contributed by atoms with Crippen LogP contribution in [0.5, 0.6) is 0 Å². The van der Waals surface area contributed by atoms with Gasteiger partial charge in [0.2, 0.25) is 5.95 Å². The van der Waals surface area contributed by atoms with Gasteiger partial charge < -0.3 is 5.11 Å². The van der Waals surface area contributed by atoms with Crippen molar-refractivity contribution in [1.29, 1.82) is 0 Å². The monoisotopic (exact) mass is 287 g/mol. The molecule has 0 amide bonds. The lowest BCUT2D eigenvalue weighted by molar-refractivity contribution is -0.203. The predicted molar refractivity (Wildman–Crippen MR) is 47.7 cm³/mol. The molecule has 0 aromatic carbocycles. The predicted octanol–water partition coefficient (Wildman–Crippen LogP) is 2.45.